The van der Waals surface area contributed by atoms with Gasteiger partial charge in [0.15, 0.2) is 0 Å². The maximum atomic E-state index is 12.6. The molecule has 1 rings (SSSR count). The second-order valence-electron chi connectivity index (χ2n) is 3.16. The van der Waals surface area contributed by atoms with Crippen LogP contribution in [0.25, 0.3) is 10.4 Å². The quantitative estimate of drug-likeness (QED) is 0.344. The van der Waals surface area contributed by atoms with Crippen molar-refractivity contribution >= 4 is 0 Å². The lowest BCUT2D eigenvalue weighted by Crippen LogP contribution is -1.98. The number of benzene rings is 1. The number of aliphatic hydroxyl groups excluding tert-OH is 1. The Kier molecular flexibility index (Phi) is 4.60. The molecule has 1 aromatic rings. The Labute approximate surface area is 87.0 Å². The zero-order valence-corrected chi connectivity index (χ0v) is 8.17. The van der Waals surface area contributed by atoms with Gasteiger partial charge >= 0.3 is 0 Å². The molecule has 1 atom stereocenters. The largest absolute Gasteiger partial charge is 0.388 e. The number of nitrogens with zero attached hydrogens (tertiary/aromatic N) is 3. The zero-order valence-electron chi connectivity index (χ0n) is 8.17. The van der Waals surface area contributed by atoms with E-state index in [0.717, 1.165) is 0 Å². The number of rotatable bonds is 5. The second-order valence-corrected chi connectivity index (χ2v) is 3.16. The highest BCUT2D eigenvalue weighted by molar-refractivity contribution is 5.18. The number of halogens is 1. The minimum Gasteiger partial charge on any atom is -0.388 e. The Balaban J connectivity index is 2.42. The van der Waals surface area contributed by atoms with Crippen molar-refractivity contribution in [3.63, 3.8) is 0 Å². The monoisotopic (exact) mass is 209 g/mol. The third kappa shape index (κ3) is 3.97. The Morgan fingerprint density at radius 2 is 2.07 bits per heavy atom. The SMILES string of the molecule is [N-]=[N+]=NCCCC(O)c1ccc(F)cc1. The topological polar surface area (TPSA) is 69.0 Å². The summed E-state index contributed by atoms with van der Waals surface area (Å²) < 4.78 is 12.6. The van der Waals surface area contributed by atoms with Gasteiger partial charge in [0.25, 0.3) is 0 Å². The normalized spacial score (nSPS) is 11.9. The van der Waals surface area contributed by atoms with Crippen LogP contribution in [0, 0.1) is 5.82 Å². The van der Waals surface area contributed by atoms with Gasteiger partial charge in [-0.05, 0) is 36.1 Å². The summed E-state index contributed by atoms with van der Waals surface area (Å²) in [7, 11) is 0. The molecule has 0 aliphatic carbocycles. The van der Waals surface area contributed by atoms with E-state index in [0.29, 0.717) is 24.9 Å². The van der Waals surface area contributed by atoms with E-state index in [2.05, 4.69) is 10.0 Å². The third-order valence-corrected chi connectivity index (χ3v) is 2.05. The molecule has 5 heteroatoms. The molecule has 1 N–H and O–H groups in total. The van der Waals surface area contributed by atoms with Crippen LogP contribution in [0.5, 0.6) is 0 Å². The fourth-order valence-corrected chi connectivity index (χ4v) is 1.25. The highest BCUT2D eigenvalue weighted by Gasteiger charge is 2.06. The van der Waals surface area contributed by atoms with E-state index in [-0.39, 0.29) is 5.82 Å². The van der Waals surface area contributed by atoms with Crippen LogP contribution >= 0.6 is 0 Å². The van der Waals surface area contributed by atoms with Crippen molar-refractivity contribution in [2.24, 2.45) is 5.11 Å². The fraction of sp³-hybridized carbons (Fsp3) is 0.400. The van der Waals surface area contributed by atoms with Gasteiger partial charge in [0.1, 0.15) is 5.82 Å². The van der Waals surface area contributed by atoms with Gasteiger partial charge in [-0.15, -0.1) is 0 Å². The van der Waals surface area contributed by atoms with Crippen LogP contribution in [-0.2, 0) is 0 Å². The number of hydrogen-bond donors (Lipinski definition) is 1. The van der Waals surface area contributed by atoms with Crippen molar-refractivity contribution < 1.29 is 9.50 Å². The van der Waals surface area contributed by atoms with Gasteiger partial charge in [0, 0.05) is 11.5 Å². The van der Waals surface area contributed by atoms with Crippen LogP contribution < -0.4 is 0 Å². The first-order valence-corrected chi connectivity index (χ1v) is 4.68. The van der Waals surface area contributed by atoms with Gasteiger partial charge in [-0.3, -0.25) is 0 Å². The van der Waals surface area contributed by atoms with Crippen molar-refractivity contribution in [1.82, 2.24) is 0 Å². The average Bonchev–Trinajstić information content (AvgIpc) is 2.25. The van der Waals surface area contributed by atoms with E-state index in [9.17, 15) is 9.50 Å². The third-order valence-electron chi connectivity index (χ3n) is 2.05. The van der Waals surface area contributed by atoms with Crippen LogP contribution in [0.2, 0.25) is 0 Å². The van der Waals surface area contributed by atoms with Crippen molar-refractivity contribution in [2.75, 3.05) is 6.54 Å². The first-order valence-electron chi connectivity index (χ1n) is 4.68. The highest BCUT2D eigenvalue weighted by atomic mass is 19.1. The smallest absolute Gasteiger partial charge is 0.123 e. The average molecular weight is 209 g/mol. The lowest BCUT2D eigenvalue weighted by atomic mass is 10.1. The maximum Gasteiger partial charge on any atom is 0.123 e. The molecule has 15 heavy (non-hydrogen) atoms. The Morgan fingerprint density at radius 1 is 1.40 bits per heavy atom. The van der Waals surface area contributed by atoms with E-state index < -0.39 is 6.10 Å². The van der Waals surface area contributed by atoms with Gasteiger partial charge in [0.05, 0.1) is 6.10 Å². The molecule has 80 valence electrons. The van der Waals surface area contributed by atoms with Gasteiger partial charge in [-0.2, -0.15) is 0 Å². The highest BCUT2D eigenvalue weighted by Crippen LogP contribution is 2.18. The van der Waals surface area contributed by atoms with Gasteiger partial charge in [0.2, 0.25) is 0 Å². The Bertz CT molecular complexity index is 346. The Hall–Kier alpha value is -1.58. The van der Waals surface area contributed by atoms with Crippen molar-refractivity contribution in [3.05, 3.63) is 46.1 Å². The van der Waals surface area contributed by atoms with Crippen LogP contribution in [-0.4, -0.2) is 11.7 Å². The number of aliphatic hydroxyl groups is 1. The van der Waals surface area contributed by atoms with Gasteiger partial charge in [-0.1, -0.05) is 17.2 Å². The van der Waals surface area contributed by atoms with Gasteiger partial charge in [-0.25, -0.2) is 4.39 Å². The molecule has 1 aromatic carbocycles. The molecular formula is C10H12FN3O. The molecule has 0 saturated heterocycles. The fourth-order valence-electron chi connectivity index (χ4n) is 1.25. The molecule has 0 aliphatic heterocycles. The summed E-state index contributed by atoms with van der Waals surface area (Å²) in [5.41, 5.74) is 8.71. The molecule has 0 aromatic heterocycles. The second kappa shape index (κ2) is 6.01. The molecule has 0 amide bonds. The van der Waals surface area contributed by atoms with Gasteiger partial charge < -0.3 is 5.11 Å². The molecule has 4 nitrogen and oxygen atoms in total. The summed E-state index contributed by atoms with van der Waals surface area (Å²) >= 11 is 0. The molecule has 0 heterocycles. The van der Waals surface area contributed by atoms with Crippen LogP contribution in [0.3, 0.4) is 0 Å². The van der Waals surface area contributed by atoms with E-state index in [1.54, 1.807) is 12.1 Å². The molecule has 0 aliphatic rings. The molecule has 0 bridgehead atoms. The standard InChI is InChI=1S/C10H12FN3O/c11-9-5-3-8(4-6-9)10(15)2-1-7-13-14-12/h3-6,10,15H,1-2,7H2. The molecule has 0 fully saturated rings. The van der Waals surface area contributed by atoms with Crippen molar-refractivity contribution in [2.45, 2.75) is 18.9 Å². The van der Waals surface area contributed by atoms with E-state index in [4.69, 9.17) is 5.53 Å². The summed E-state index contributed by atoms with van der Waals surface area (Å²) in [6.07, 6.45) is 0.493. The lowest BCUT2D eigenvalue weighted by Gasteiger charge is -2.09. The first-order chi connectivity index (χ1) is 7.24. The first kappa shape index (κ1) is 11.5. The summed E-state index contributed by atoms with van der Waals surface area (Å²) in [5.74, 6) is -0.319. The van der Waals surface area contributed by atoms with Crippen LogP contribution in [0.4, 0.5) is 4.39 Å². The van der Waals surface area contributed by atoms with E-state index >= 15 is 0 Å². The van der Waals surface area contributed by atoms with Crippen molar-refractivity contribution in [3.8, 4) is 0 Å². The summed E-state index contributed by atoms with van der Waals surface area (Å²) in [4.78, 5) is 2.61. The Morgan fingerprint density at radius 3 is 2.67 bits per heavy atom. The lowest BCUT2D eigenvalue weighted by molar-refractivity contribution is 0.165. The summed E-state index contributed by atoms with van der Waals surface area (Å²) in [6.45, 7) is 0.370. The minimum atomic E-state index is -0.625. The summed E-state index contributed by atoms with van der Waals surface area (Å²) in [5, 5.41) is 13.0. The zero-order chi connectivity index (χ0) is 11.1. The van der Waals surface area contributed by atoms with E-state index in [1.807, 2.05) is 0 Å². The molecule has 1 unspecified atom stereocenters. The minimum absolute atomic E-state index is 0.319. The number of azide groups is 1. The number of hydrogen-bond acceptors (Lipinski definition) is 2. The maximum absolute atomic E-state index is 12.6. The van der Waals surface area contributed by atoms with Crippen LogP contribution in [0.15, 0.2) is 29.4 Å². The molecule has 0 saturated carbocycles. The van der Waals surface area contributed by atoms with Crippen molar-refractivity contribution in [1.29, 1.82) is 0 Å². The summed E-state index contributed by atoms with van der Waals surface area (Å²) in [6, 6.07) is 5.72. The van der Waals surface area contributed by atoms with E-state index in [1.165, 1.54) is 12.1 Å². The molecule has 0 spiro atoms. The predicted octanol–water partition coefficient (Wildman–Crippen LogP) is 2.95. The predicted molar refractivity (Wildman–Crippen MR) is 54.6 cm³/mol. The molecular weight excluding hydrogens is 197 g/mol. The molecule has 0 radical (unpaired) electrons. The van der Waals surface area contributed by atoms with Crippen LogP contribution in [0.1, 0.15) is 24.5 Å².